The largest absolute Gasteiger partial charge is 0.494 e. The first-order valence-corrected chi connectivity index (χ1v) is 8.22. The third-order valence-electron chi connectivity index (χ3n) is 3.40. The molecule has 0 aliphatic carbocycles. The zero-order valence-corrected chi connectivity index (χ0v) is 14.2. The highest BCUT2D eigenvalue weighted by molar-refractivity contribution is 9.10. The molecular weight excluding hydrogens is 326 g/mol. The van der Waals surface area contributed by atoms with Crippen molar-refractivity contribution in [3.05, 3.63) is 64.1 Å². The second kappa shape index (κ2) is 8.20. The van der Waals surface area contributed by atoms with Crippen LogP contribution in [0.15, 0.2) is 53.0 Å². The molecule has 0 saturated heterocycles. The molecule has 2 nitrogen and oxygen atoms in total. The molecule has 0 aliphatic rings. The van der Waals surface area contributed by atoms with Crippen LogP contribution in [0.2, 0.25) is 0 Å². The van der Waals surface area contributed by atoms with Crippen molar-refractivity contribution in [2.75, 3.05) is 13.2 Å². The molecule has 0 aromatic heterocycles. The standard InChI is InChI=1S/C18H22BrNO/c1-3-20-18(13-14-5-9-16(19)10-6-14)15-7-11-17(12-8-15)21-4-2/h5-12,18,20H,3-4,13H2,1-2H3. The van der Waals surface area contributed by atoms with E-state index in [1.54, 1.807) is 0 Å². The van der Waals surface area contributed by atoms with Gasteiger partial charge in [0.15, 0.2) is 0 Å². The fourth-order valence-corrected chi connectivity index (χ4v) is 2.64. The third kappa shape index (κ3) is 4.87. The van der Waals surface area contributed by atoms with Crippen molar-refractivity contribution < 1.29 is 4.74 Å². The van der Waals surface area contributed by atoms with Gasteiger partial charge in [0.1, 0.15) is 5.75 Å². The molecule has 2 aromatic carbocycles. The van der Waals surface area contributed by atoms with Crippen LogP contribution < -0.4 is 10.1 Å². The molecule has 2 rings (SSSR count). The SMILES string of the molecule is CCNC(Cc1ccc(Br)cc1)c1ccc(OCC)cc1. The lowest BCUT2D eigenvalue weighted by atomic mass is 9.99. The van der Waals surface area contributed by atoms with E-state index in [9.17, 15) is 0 Å². The lowest BCUT2D eigenvalue weighted by Crippen LogP contribution is -2.22. The zero-order valence-electron chi connectivity index (χ0n) is 12.6. The number of nitrogens with one attached hydrogen (secondary N) is 1. The molecule has 0 aliphatic heterocycles. The highest BCUT2D eigenvalue weighted by Crippen LogP contribution is 2.22. The Bertz CT molecular complexity index is 536. The van der Waals surface area contributed by atoms with Crippen molar-refractivity contribution in [3.63, 3.8) is 0 Å². The first-order chi connectivity index (χ1) is 10.2. The van der Waals surface area contributed by atoms with Crippen LogP contribution in [0.1, 0.15) is 31.0 Å². The van der Waals surface area contributed by atoms with E-state index in [2.05, 4.69) is 64.6 Å². The van der Waals surface area contributed by atoms with E-state index in [0.29, 0.717) is 12.6 Å². The summed E-state index contributed by atoms with van der Waals surface area (Å²) in [7, 11) is 0. The minimum Gasteiger partial charge on any atom is -0.494 e. The molecule has 2 aromatic rings. The van der Waals surface area contributed by atoms with Gasteiger partial charge in [-0.05, 0) is 55.3 Å². The number of rotatable bonds is 7. The van der Waals surface area contributed by atoms with E-state index in [4.69, 9.17) is 4.74 Å². The zero-order chi connectivity index (χ0) is 15.1. The maximum atomic E-state index is 5.51. The smallest absolute Gasteiger partial charge is 0.119 e. The minimum atomic E-state index is 0.326. The molecule has 0 amide bonds. The van der Waals surface area contributed by atoms with Crippen LogP contribution in [0.25, 0.3) is 0 Å². The van der Waals surface area contributed by atoms with Crippen LogP contribution in [0.3, 0.4) is 0 Å². The van der Waals surface area contributed by atoms with Crippen molar-refractivity contribution in [1.29, 1.82) is 0 Å². The average molecular weight is 348 g/mol. The summed E-state index contributed by atoms with van der Waals surface area (Å²) in [5.41, 5.74) is 2.63. The Morgan fingerprint density at radius 2 is 1.67 bits per heavy atom. The molecule has 21 heavy (non-hydrogen) atoms. The molecular formula is C18H22BrNO. The van der Waals surface area contributed by atoms with Crippen molar-refractivity contribution in [3.8, 4) is 5.75 Å². The number of hydrogen-bond donors (Lipinski definition) is 1. The molecule has 0 heterocycles. The summed E-state index contributed by atoms with van der Waals surface area (Å²) in [4.78, 5) is 0. The second-order valence-electron chi connectivity index (χ2n) is 4.94. The van der Waals surface area contributed by atoms with Crippen LogP contribution in [0.4, 0.5) is 0 Å². The summed E-state index contributed by atoms with van der Waals surface area (Å²) < 4.78 is 6.62. The number of ether oxygens (including phenoxy) is 1. The van der Waals surface area contributed by atoms with Crippen molar-refractivity contribution in [1.82, 2.24) is 5.32 Å². The summed E-state index contributed by atoms with van der Waals surface area (Å²) in [6, 6.07) is 17.2. The van der Waals surface area contributed by atoms with Crippen LogP contribution in [0, 0.1) is 0 Å². The first-order valence-electron chi connectivity index (χ1n) is 7.43. The third-order valence-corrected chi connectivity index (χ3v) is 3.93. The van der Waals surface area contributed by atoms with Gasteiger partial charge in [0.25, 0.3) is 0 Å². The minimum absolute atomic E-state index is 0.326. The quantitative estimate of drug-likeness (QED) is 0.780. The Labute approximate surface area is 135 Å². The van der Waals surface area contributed by atoms with Crippen molar-refractivity contribution in [2.45, 2.75) is 26.3 Å². The van der Waals surface area contributed by atoms with Gasteiger partial charge in [-0.3, -0.25) is 0 Å². The Kier molecular flexibility index (Phi) is 6.27. The van der Waals surface area contributed by atoms with Crippen LogP contribution in [-0.4, -0.2) is 13.2 Å². The molecule has 3 heteroatoms. The topological polar surface area (TPSA) is 21.3 Å². The highest BCUT2D eigenvalue weighted by Gasteiger charge is 2.11. The van der Waals surface area contributed by atoms with Gasteiger partial charge in [-0.25, -0.2) is 0 Å². The van der Waals surface area contributed by atoms with E-state index in [0.717, 1.165) is 23.2 Å². The predicted molar refractivity (Wildman–Crippen MR) is 91.9 cm³/mol. The van der Waals surface area contributed by atoms with E-state index < -0.39 is 0 Å². The van der Waals surface area contributed by atoms with Gasteiger partial charge >= 0.3 is 0 Å². The summed E-state index contributed by atoms with van der Waals surface area (Å²) in [5.74, 6) is 0.931. The fourth-order valence-electron chi connectivity index (χ4n) is 2.37. The maximum absolute atomic E-state index is 5.51. The molecule has 0 spiro atoms. The highest BCUT2D eigenvalue weighted by atomic mass is 79.9. The van der Waals surface area contributed by atoms with Gasteiger partial charge in [0.2, 0.25) is 0 Å². The van der Waals surface area contributed by atoms with Crippen molar-refractivity contribution >= 4 is 15.9 Å². The molecule has 1 N–H and O–H groups in total. The molecule has 0 radical (unpaired) electrons. The summed E-state index contributed by atoms with van der Waals surface area (Å²) in [6.45, 7) is 5.80. The van der Waals surface area contributed by atoms with E-state index in [1.165, 1.54) is 11.1 Å². The first kappa shape index (κ1) is 16.1. The van der Waals surface area contributed by atoms with E-state index in [-0.39, 0.29) is 0 Å². The second-order valence-corrected chi connectivity index (χ2v) is 5.86. The monoisotopic (exact) mass is 347 g/mol. The van der Waals surface area contributed by atoms with Gasteiger partial charge in [-0.1, -0.05) is 47.1 Å². The molecule has 1 atom stereocenters. The summed E-state index contributed by atoms with van der Waals surface area (Å²) in [6.07, 6.45) is 0.981. The van der Waals surface area contributed by atoms with Crippen LogP contribution in [0.5, 0.6) is 5.75 Å². The lowest BCUT2D eigenvalue weighted by molar-refractivity contribution is 0.340. The number of benzene rings is 2. The number of likely N-dealkylation sites (N-methyl/N-ethyl adjacent to an activating group) is 1. The normalized spacial score (nSPS) is 12.1. The number of halogens is 1. The Hall–Kier alpha value is -1.32. The van der Waals surface area contributed by atoms with Gasteiger partial charge in [-0.15, -0.1) is 0 Å². The lowest BCUT2D eigenvalue weighted by Gasteiger charge is -2.19. The van der Waals surface area contributed by atoms with Gasteiger partial charge in [-0.2, -0.15) is 0 Å². The van der Waals surface area contributed by atoms with Crippen LogP contribution >= 0.6 is 15.9 Å². The Morgan fingerprint density at radius 3 is 2.24 bits per heavy atom. The molecule has 1 unspecified atom stereocenters. The van der Waals surface area contributed by atoms with Gasteiger partial charge in [0, 0.05) is 10.5 Å². The maximum Gasteiger partial charge on any atom is 0.119 e. The Balaban J connectivity index is 2.12. The molecule has 0 bridgehead atoms. The average Bonchev–Trinajstić information content (AvgIpc) is 2.50. The summed E-state index contributed by atoms with van der Waals surface area (Å²) in [5, 5.41) is 3.56. The van der Waals surface area contributed by atoms with Crippen LogP contribution in [-0.2, 0) is 6.42 Å². The summed E-state index contributed by atoms with van der Waals surface area (Å²) >= 11 is 3.48. The molecule has 0 fully saturated rings. The van der Waals surface area contributed by atoms with Gasteiger partial charge < -0.3 is 10.1 Å². The molecule has 112 valence electrons. The van der Waals surface area contributed by atoms with Gasteiger partial charge in [0.05, 0.1) is 6.61 Å². The number of hydrogen-bond acceptors (Lipinski definition) is 2. The predicted octanol–water partition coefficient (Wildman–Crippen LogP) is 4.74. The molecule has 0 saturated carbocycles. The Morgan fingerprint density at radius 1 is 1.00 bits per heavy atom. The van der Waals surface area contributed by atoms with E-state index in [1.807, 2.05) is 19.1 Å². The van der Waals surface area contributed by atoms with E-state index >= 15 is 0 Å². The van der Waals surface area contributed by atoms with Crippen molar-refractivity contribution in [2.24, 2.45) is 0 Å². The fraction of sp³-hybridized carbons (Fsp3) is 0.333.